The molecule has 6 rings (SSSR count). The molecule has 0 radical (unpaired) electrons. The first-order valence-electron chi connectivity index (χ1n) is 16.9. The number of carbonyl (C=O) groups excluding carboxylic acids is 2. The fraction of sp³-hybridized carbons (Fsp3) is 0.378. The van der Waals surface area contributed by atoms with E-state index in [0.29, 0.717) is 78.2 Å². The second kappa shape index (κ2) is 15.9. The first-order valence-corrected chi connectivity index (χ1v) is 17.3. The van der Waals surface area contributed by atoms with Gasteiger partial charge in [0.25, 0.3) is 0 Å². The molecule has 2 fully saturated rings. The number of benzene rings is 1. The number of rotatable bonds is 12. The predicted molar refractivity (Wildman–Crippen MR) is 192 cm³/mol. The first kappa shape index (κ1) is 35.2. The van der Waals surface area contributed by atoms with Crippen LogP contribution in [0, 0.1) is 12.7 Å². The van der Waals surface area contributed by atoms with Crippen LogP contribution in [0.2, 0.25) is 5.02 Å². The maximum atomic E-state index is 15.7. The predicted octanol–water partition coefficient (Wildman–Crippen LogP) is 5.53. The lowest BCUT2D eigenvalue weighted by molar-refractivity contribution is -0.130. The van der Waals surface area contributed by atoms with Gasteiger partial charge in [0.15, 0.2) is 11.6 Å². The summed E-state index contributed by atoms with van der Waals surface area (Å²) in [6.45, 7) is 6.48. The Morgan fingerprint density at radius 2 is 1.84 bits per heavy atom. The Bertz CT molecular complexity index is 1870. The van der Waals surface area contributed by atoms with Gasteiger partial charge in [-0.15, -0.1) is 0 Å². The van der Waals surface area contributed by atoms with Crippen molar-refractivity contribution in [3.05, 3.63) is 82.4 Å². The van der Waals surface area contributed by atoms with Crippen LogP contribution in [0.3, 0.4) is 0 Å². The molecule has 2 aliphatic rings. The van der Waals surface area contributed by atoms with Gasteiger partial charge in [0.1, 0.15) is 0 Å². The van der Waals surface area contributed by atoms with Crippen LogP contribution >= 0.6 is 11.6 Å². The highest BCUT2D eigenvalue weighted by Gasteiger charge is 2.23. The Morgan fingerprint density at radius 1 is 1.04 bits per heavy atom. The quantitative estimate of drug-likeness (QED) is 0.151. The molecule has 1 aromatic carbocycles. The van der Waals surface area contributed by atoms with Crippen molar-refractivity contribution in [3.63, 3.8) is 0 Å². The summed E-state index contributed by atoms with van der Waals surface area (Å²) in [4.78, 5) is 38.7. The van der Waals surface area contributed by atoms with Crippen molar-refractivity contribution in [3.8, 4) is 28.4 Å². The molecule has 1 atom stereocenters. The molecular formula is C37H42ClFN8O3. The average molecular weight is 701 g/mol. The number of piperidine rings is 1. The number of carbonyl (C=O) groups is 2. The van der Waals surface area contributed by atoms with Crippen molar-refractivity contribution >= 4 is 34.9 Å². The number of anilines is 2. The summed E-state index contributed by atoms with van der Waals surface area (Å²) in [6, 6.07) is 13.4. The van der Waals surface area contributed by atoms with Crippen molar-refractivity contribution in [2.24, 2.45) is 0 Å². The molecule has 13 heteroatoms. The summed E-state index contributed by atoms with van der Waals surface area (Å²) in [5.41, 5.74) is 5.57. The number of pyridine rings is 3. The van der Waals surface area contributed by atoms with Gasteiger partial charge in [-0.05, 0) is 56.0 Å². The Balaban J connectivity index is 1.16. The van der Waals surface area contributed by atoms with Gasteiger partial charge in [-0.3, -0.25) is 14.6 Å². The van der Waals surface area contributed by atoms with Gasteiger partial charge in [-0.25, -0.2) is 14.4 Å². The Morgan fingerprint density at radius 3 is 2.58 bits per heavy atom. The minimum Gasteiger partial charge on any atom is -0.481 e. The van der Waals surface area contributed by atoms with Gasteiger partial charge in [-0.2, -0.15) is 0 Å². The molecular weight excluding hydrogens is 659 g/mol. The van der Waals surface area contributed by atoms with Crippen LogP contribution in [0.1, 0.15) is 49.3 Å². The molecule has 50 heavy (non-hydrogen) atoms. The molecule has 5 heterocycles. The third-order valence-electron chi connectivity index (χ3n) is 9.42. The number of hydrogen-bond donors (Lipinski definition) is 4. The van der Waals surface area contributed by atoms with E-state index in [2.05, 4.69) is 31.2 Å². The van der Waals surface area contributed by atoms with E-state index in [4.69, 9.17) is 21.3 Å². The van der Waals surface area contributed by atoms with Gasteiger partial charge in [-0.1, -0.05) is 29.8 Å². The molecule has 4 N–H and O–H groups in total. The molecule has 0 unspecified atom stereocenters. The molecule has 2 amide bonds. The molecule has 4 aromatic rings. The molecule has 262 valence electrons. The van der Waals surface area contributed by atoms with E-state index in [-0.39, 0.29) is 29.7 Å². The van der Waals surface area contributed by atoms with E-state index in [1.807, 2.05) is 48.2 Å². The molecule has 2 saturated heterocycles. The maximum Gasteiger partial charge on any atom is 0.220 e. The van der Waals surface area contributed by atoms with Crippen LogP contribution in [0.25, 0.3) is 22.5 Å². The van der Waals surface area contributed by atoms with E-state index in [1.54, 1.807) is 32.5 Å². The summed E-state index contributed by atoms with van der Waals surface area (Å²) in [5.74, 6) is 0.362. The summed E-state index contributed by atoms with van der Waals surface area (Å²) >= 11 is 7.02. The largest absolute Gasteiger partial charge is 0.481 e. The number of halogens is 2. The van der Waals surface area contributed by atoms with Gasteiger partial charge in [0.2, 0.25) is 17.7 Å². The van der Waals surface area contributed by atoms with Crippen LogP contribution in [-0.2, 0) is 22.7 Å². The SMILES string of the molecule is COc1nc(-c2ccnc(-c3cccc(Nc4nccc(CNC5CCN(C(C)=O)CC5)c4F)c3C)c2Cl)ccc1CNC[C@@H]1CCC(=O)N1. The van der Waals surface area contributed by atoms with E-state index in [1.165, 1.54) is 0 Å². The van der Waals surface area contributed by atoms with Gasteiger partial charge in [0.05, 0.1) is 23.5 Å². The normalized spacial score (nSPS) is 16.4. The number of hydrogen-bond acceptors (Lipinski definition) is 9. The van der Waals surface area contributed by atoms with Crippen molar-refractivity contribution in [2.75, 3.05) is 32.1 Å². The molecule has 0 aliphatic carbocycles. The standard InChI is InChI=1S/C37H42ClFN8O3/c1-22-28(5-4-6-30(22)45-36-34(39)24(11-15-42-36)20-43-26-13-17-47(18-14-26)23(2)48)35-33(38)29(12-16-41-35)31-9-7-25(37(46-31)50-3)19-40-21-27-8-10-32(49)44-27/h4-7,9,11-12,15-16,26-27,40,43H,8,10,13-14,17-21H2,1-3H3,(H,42,45)(H,44,49)/t27-/m0/s1. The molecule has 0 spiro atoms. The van der Waals surface area contributed by atoms with Crippen LogP contribution in [0.15, 0.2) is 54.9 Å². The zero-order valence-corrected chi connectivity index (χ0v) is 29.2. The van der Waals surface area contributed by atoms with Crippen molar-refractivity contribution in [1.82, 2.24) is 35.8 Å². The zero-order valence-electron chi connectivity index (χ0n) is 28.5. The third kappa shape index (κ3) is 8.04. The van der Waals surface area contributed by atoms with Crippen LogP contribution < -0.4 is 26.0 Å². The highest BCUT2D eigenvalue weighted by molar-refractivity contribution is 6.35. The Hall–Kier alpha value is -4.65. The number of likely N-dealkylation sites (tertiary alicyclic amines) is 1. The van der Waals surface area contributed by atoms with E-state index in [9.17, 15) is 9.59 Å². The average Bonchev–Trinajstić information content (AvgIpc) is 3.54. The highest BCUT2D eigenvalue weighted by Crippen LogP contribution is 2.38. The minimum absolute atomic E-state index is 0.0885. The van der Waals surface area contributed by atoms with Gasteiger partial charge < -0.3 is 30.9 Å². The van der Waals surface area contributed by atoms with Crippen molar-refractivity contribution in [2.45, 2.75) is 64.7 Å². The van der Waals surface area contributed by atoms with E-state index < -0.39 is 5.82 Å². The first-order chi connectivity index (χ1) is 24.2. The molecule has 0 saturated carbocycles. The number of nitrogens with zero attached hydrogens (tertiary/aromatic N) is 4. The smallest absolute Gasteiger partial charge is 0.220 e. The summed E-state index contributed by atoms with van der Waals surface area (Å²) in [6.07, 6.45) is 6.34. The van der Waals surface area contributed by atoms with E-state index in [0.717, 1.165) is 36.0 Å². The number of amides is 2. The topological polar surface area (TPSA) is 133 Å². The third-order valence-corrected chi connectivity index (χ3v) is 9.80. The zero-order chi connectivity index (χ0) is 35.2. The Labute approximate surface area is 296 Å². The number of ether oxygens (including phenoxy) is 1. The molecule has 0 bridgehead atoms. The van der Waals surface area contributed by atoms with E-state index >= 15 is 4.39 Å². The lowest BCUT2D eigenvalue weighted by Crippen LogP contribution is -2.44. The summed E-state index contributed by atoms with van der Waals surface area (Å²) in [7, 11) is 1.58. The monoisotopic (exact) mass is 700 g/mol. The van der Waals surface area contributed by atoms with Gasteiger partial charge >= 0.3 is 0 Å². The van der Waals surface area contributed by atoms with Crippen LogP contribution in [0.4, 0.5) is 15.9 Å². The van der Waals surface area contributed by atoms with Crippen molar-refractivity contribution in [1.29, 1.82) is 0 Å². The fourth-order valence-electron chi connectivity index (χ4n) is 6.49. The molecule has 3 aromatic heterocycles. The van der Waals surface area contributed by atoms with Crippen molar-refractivity contribution < 1.29 is 18.7 Å². The lowest BCUT2D eigenvalue weighted by Gasteiger charge is -2.31. The Kier molecular flexibility index (Phi) is 11.2. The fourth-order valence-corrected chi connectivity index (χ4v) is 6.80. The number of aromatic nitrogens is 3. The minimum atomic E-state index is -0.423. The molecule has 11 nitrogen and oxygen atoms in total. The van der Waals surface area contributed by atoms with Crippen LogP contribution in [-0.4, -0.2) is 70.5 Å². The summed E-state index contributed by atoms with van der Waals surface area (Å²) < 4.78 is 21.3. The van der Waals surface area contributed by atoms with Crippen LogP contribution in [0.5, 0.6) is 5.88 Å². The number of nitrogens with one attached hydrogen (secondary N) is 4. The second-order valence-electron chi connectivity index (χ2n) is 12.7. The highest BCUT2D eigenvalue weighted by atomic mass is 35.5. The molecule has 2 aliphatic heterocycles. The second-order valence-corrected chi connectivity index (χ2v) is 13.1. The maximum absolute atomic E-state index is 15.7. The summed E-state index contributed by atoms with van der Waals surface area (Å²) in [5, 5.41) is 13.4. The number of methoxy groups -OCH3 is 1. The van der Waals surface area contributed by atoms with Gasteiger partial charge in [0, 0.05) is 98.5 Å². The lowest BCUT2D eigenvalue weighted by atomic mass is 10.0.